The van der Waals surface area contributed by atoms with E-state index in [0.717, 1.165) is 25.7 Å². The number of hydrogen-bond acceptors (Lipinski definition) is 5. The van der Waals surface area contributed by atoms with Crippen molar-refractivity contribution >= 4 is 17.8 Å². The van der Waals surface area contributed by atoms with Crippen LogP contribution in [0.3, 0.4) is 0 Å². The van der Waals surface area contributed by atoms with Crippen LogP contribution in [-0.2, 0) is 4.79 Å². The van der Waals surface area contributed by atoms with E-state index in [2.05, 4.69) is 15.2 Å². The predicted molar refractivity (Wildman–Crippen MR) is 68.8 cm³/mol. The van der Waals surface area contributed by atoms with Crippen molar-refractivity contribution in [2.75, 3.05) is 5.73 Å². The Kier molecular flexibility index (Phi) is 3.07. The Morgan fingerprint density at radius 1 is 1.35 bits per heavy atom. The number of aromatic amines is 1. The number of nitrogen functional groups attached to an aromatic ring is 1. The van der Waals surface area contributed by atoms with E-state index < -0.39 is 5.97 Å². The fourth-order valence-corrected chi connectivity index (χ4v) is 3.53. The summed E-state index contributed by atoms with van der Waals surface area (Å²) < 4.78 is 0. The van der Waals surface area contributed by atoms with Crippen molar-refractivity contribution in [2.45, 2.75) is 44.2 Å². The van der Waals surface area contributed by atoms with Gasteiger partial charge in [0.2, 0.25) is 11.8 Å². The number of carbonyl (C=O) groups excluding carboxylic acids is 1. The first-order valence-electron chi connectivity index (χ1n) is 6.77. The van der Waals surface area contributed by atoms with Crippen molar-refractivity contribution in [2.24, 2.45) is 5.92 Å². The molecule has 2 aliphatic heterocycles. The highest BCUT2D eigenvalue weighted by atomic mass is 16.4. The Labute approximate surface area is 115 Å². The molecule has 1 aromatic rings. The number of nitrogens with two attached hydrogens (primary N) is 1. The van der Waals surface area contributed by atoms with Gasteiger partial charge in [0.1, 0.15) is 0 Å². The fourth-order valence-electron chi connectivity index (χ4n) is 3.53. The summed E-state index contributed by atoms with van der Waals surface area (Å²) >= 11 is 0. The zero-order valence-corrected chi connectivity index (χ0v) is 11.0. The number of aromatic nitrogens is 3. The highest BCUT2D eigenvalue weighted by Gasteiger charge is 2.44. The van der Waals surface area contributed by atoms with E-state index in [9.17, 15) is 9.59 Å². The largest absolute Gasteiger partial charge is 0.481 e. The van der Waals surface area contributed by atoms with E-state index in [-0.39, 0.29) is 42.1 Å². The lowest BCUT2D eigenvalue weighted by Crippen LogP contribution is -2.47. The number of H-pyrrole nitrogens is 1. The molecule has 8 heteroatoms. The first kappa shape index (κ1) is 12.9. The van der Waals surface area contributed by atoms with Crippen LogP contribution in [0, 0.1) is 5.92 Å². The molecule has 0 saturated carbocycles. The summed E-state index contributed by atoms with van der Waals surface area (Å²) in [7, 11) is 0. The van der Waals surface area contributed by atoms with Crippen LogP contribution < -0.4 is 5.73 Å². The molecule has 2 unspecified atom stereocenters. The standard InChI is InChI=1S/C12H17N5O3/c13-12-14-10(15-16-12)11(20)17-7-1-2-8(17)4-6(3-7)5-9(18)19/h6-8H,1-5H2,(H,18,19)(H3,13,14,15,16). The summed E-state index contributed by atoms with van der Waals surface area (Å²) in [6, 6.07) is 0.217. The second kappa shape index (κ2) is 4.77. The van der Waals surface area contributed by atoms with Crippen LogP contribution in [0.5, 0.6) is 0 Å². The van der Waals surface area contributed by atoms with Crippen LogP contribution in [-0.4, -0.2) is 49.1 Å². The summed E-state index contributed by atoms with van der Waals surface area (Å²) in [4.78, 5) is 29.0. The quantitative estimate of drug-likeness (QED) is 0.728. The maximum atomic E-state index is 12.4. The van der Waals surface area contributed by atoms with Gasteiger partial charge in [0.05, 0.1) is 0 Å². The lowest BCUT2D eigenvalue weighted by Gasteiger charge is -2.38. The number of fused-ring (bicyclic) bond motifs is 2. The minimum absolute atomic E-state index is 0.0569. The number of nitrogens with one attached hydrogen (secondary N) is 1. The molecule has 1 amide bonds. The van der Waals surface area contributed by atoms with E-state index >= 15 is 0 Å². The minimum atomic E-state index is -0.766. The molecule has 2 aliphatic rings. The second-order valence-electron chi connectivity index (χ2n) is 5.57. The summed E-state index contributed by atoms with van der Waals surface area (Å²) in [6.07, 6.45) is 3.53. The molecule has 2 atom stereocenters. The molecule has 2 bridgehead atoms. The SMILES string of the molecule is Nc1n[nH]c(C(=O)N2C3CCC2CC(CC(=O)O)C3)n1. The number of rotatable bonds is 3. The normalized spacial score (nSPS) is 28.6. The van der Waals surface area contributed by atoms with Gasteiger partial charge in [0.25, 0.3) is 5.91 Å². The van der Waals surface area contributed by atoms with Crippen molar-refractivity contribution in [3.05, 3.63) is 5.82 Å². The van der Waals surface area contributed by atoms with Crippen molar-refractivity contribution in [1.82, 2.24) is 20.1 Å². The van der Waals surface area contributed by atoms with E-state index in [0.29, 0.717) is 0 Å². The summed E-state index contributed by atoms with van der Waals surface area (Å²) in [5.41, 5.74) is 5.42. The lowest BCUT2D eigenvalue weighted by atomic mass is 9.88. The first-order chi connectivity index (χ1) is 9.54. The van der Waals surface area contributed by atoms with Gasteiger partial charge < -0.3 is 15.7 Å². The van der Waals surface area contributed by atoms with Crippen molar-refractivity contribution in [3.63, 3.8) is 0 Å². The first-order valence-corrected chi connectivity index (χ1v) is 6.77. The topological polar surface area (TPSA) is 125 Å². The Bertz CT molecular complexity index is 529. The number of nitrogens with zero attached hydrogens (tertiary/aromatic N) is 3. The van der Waals surface area contributed by atoms with Gasteiger partial charge in [-0.05, 0) is 31.6 Å². The van der Waals surface area contributed by atoms with Crippen molar-refractivity contribution in [3.8, 4) is 0 Å². The third kappa shape index (κ3) is 2.21. The Balaban J connectivity index is 1.74. The highest BCUT2D eigenvalue weighted by molar-refractivity contribution is 5.91. The van der Waals surface area contributed by atoms with Crippen LogP contribution in [0.25, 0.3) is 0 Å². The van der Waals surface area contributed by atoms with Gasteiger partial charge in [-0.3, -0.25) is 14.7 Å². The van der Waals surface area contributed by atoms with Gasteiger partial charge in [-0.15, -0.1) is 5.10 Å². The number of hydrogen-bond donors (Lipinski definition) is 3. The molecule has 108 valence electrons. The van der Waals surface area contributed by atoms with E-state index in [1.54, 1.807) is 0 Å². The molecule has 4 N–H and O–H groups in total. The number of carbonyl (C=O) groups is 2. The zero-order chi connectivity index (χ0) is 14.3. The van der Waals surface area contributed by atoms with E-state index in [1.807, 2.05) is 4.90 Å². The van der Waals surface area contributed by atoms with Gasteiger partial charge in [0.15, 0.2) is 0 Å². The van der Waals surface area contributed by atoms with Crippen molar-refractivity contribution in [1.29, 1.82) is 0 Å². The van der Waals surface area contributed by atoms with Gasteiger partial charge in [0, 0.05) is 18.5 Å². The summed E-state index contributed by atoms with van der Waals surface area (Å²) in [6.45, 7) is 0. The smallest absolute Gasteiger partial charge is 0.303 e. The highest BCUT2D eigenvalue weighted by Crippen LogP contribution is 2.40. The molecular weight excluding hydrogens is 262 g/mol. The van der Waals surface area contributed by atoms with Gasteiger partial charge >= 0.3 is 5.97 Å². The van der Waals surface area contributed by atoms with Crippen molar-refractivity contribution < 1.29 is 14.7 Å². The third-order valence-electron chi connectivity index (χ3n) is 4.23. The Hall–Kier alpha value is -2.12. The number of amides is 1. The average molecular weight is 279 g/mol. The van der Waals surface area contributed by atoms with E-state index in [4.69, 9.17) is 10.8 Å². The molecule has 0 radical (unpaired) electrons. The maximum absolute atomic E-state index is 12.4. The molecule has 0 aromatic carbocycles. The average Bonchev–Trinajstić information content (AvgIpc) is 2.91. The van der Waals surface area contributed by atoms with Crippen LogP contribution in [0.4, 0.5) is 5.95 Å². The van der Waals surface area contributed by atoms with Crippen LogP contribution in [0.2, 0.25) is 0 Å². The van der Waals surface area contributed by atoms with Gasteiger partial charge in [-0.2, -0.15) is 4.98 Å². The molecule has 2 fully saturated rings. The number of aliphatic carboxylic acids is 1. The summed E-state index contributed by atoms with van der Waals surface area (Å²) in [5.74, 6) is -0.570. The second-order valence-corrected chi connectivity index (χ2v) is 5.57. The number of piperidine rings is 1. The lowest BCUT2D eigenvalue weighted by molar-refractivity contribution is -0.138. The zero-order valence-electron chi connectivity index (χ0n) is 11.0. The van der Waals surface area contributed by atoms with Crippen LogP contribution >= 0.6 is 0 Å². The molecular formula is C12H17N5O3. The molecule has 2 saturated heterocycles. The van der Waals surface area contributed by atoms with Gasteiger partial charge in [-0.1, -0.05) is 0 Å². The molecule has 3 rings (SSSR count). The number of anilines is 1. The molecule has 3 heterocycles. The number of carboxylic acid groups (broad SMARTS) is 1. The molecule has 20 heavy (non-hydrogen) atoms. The predicted octanol–water partition coefficient (Wildman–Crippen LogP) is 0.245. The fraction of sp³-hybridized carbons (Fsp3) is 0.667. The van der Waals surface area contributed by atoms with Crippen LogP contribution in [0.15, 0.2) is 0 Å². The maximum Gasteiger partial charge on any atom is 0.303 e. The molecule has 8 nitrogen and oxygen atoms in total. The third-order valence-corrected chi connectivity index (χ3v) is 4.23. The van der Waals surface area contributed by atoms with Gasteiger partial charge in [-0.25, -0.2) is 0 Å². The molecule has 0 spiro atoms. The Morgan fingerprint density at radius 3 is 2.50 bits per heavy atom. The Morgan fingerprint density at radius 2 is 2.00 bits per heavy atom. The molecule has 1 aromatic heterocycles. The number of carboxylic acids is 1. The van der Waals surface area contributed by atoms with E-state index in [1.165, 1.54) is 0 Å². The van der Waals surface area contributed by atoms with Crippen LogP contribution in [0.1, 0.15) is 42.7 Å². The monoisotopic (exact) mass is 279 g/mol. The molecule has 0 aliphatic carbocycles. The summed E-state index contributed by atoms with van der Waals surface area (Å²) in [5, 5.41) is 15.1. The minimum Gasteiger partial charge on any atom is -0.481 e.